The molecular formula is C12H24N2O2S. The van der Waals surface area contributed by atoms with Gasteiger partial charge in [0.05, 0.1) is 5.75 Å². The summed E-state index contributed by atoms with van der Waals surface area (Å²) >= 11 is 0. The minimum Gasteiger partial charge on any atom is -0.329 e. The number of hydrogen-bond donors (Lipinski definition) is 2. The van der Waals surface area contributed by atoms with Crippen LogP contribution in [-0.4, -0.2) is 26.8 Å². The van der Waals surface area contributed by atoms with Gasteiger partial charge in [0, 0.05) is 12.6 Å². The van der Waals surface area contributed by atoms with E-state index in [1.807, 2.05) is 0 Å². The van der Waals surface area contributed by atoms with E-state index >= 15 is 0 Å². The van der Waals surface area contributed by atoms with Crippen LogP contribution in [0.2, 0.25) is 0 Å². The number of nitrogens with two attached hydrogens (primary N) is 1. The van der Waals surface area contributed by atoms with Crippen LogP contribution in [0.5, 0.6) is 0 Å². The molecule has 0 aliphatic heterocycles. The number of nitrogens with one attached hydrogen (secondary N) is 1. The van der Waals surface area contributed by atoms with Crippen molar-refractivity contribution in [1.29, 1.82) is 0 Å². The van der Waals surface area contributed by atoms with E-state index in [1.54, 1.807) is 0 Å². The van der Waals surface area contributed by atoms with E-state index < -0.39 is 10.0 Å². The monoisotopic (exact) mass is 260 g/mol. The highest BCUT2D eigenvalue weighted by Crippen LogP contribution is 2.31. The lowest BCUT2D eigenvalue weighted by Crippen LogP contribution is -2.46. The average Bonchev–Trinajstić information content (AvgIpc) is 3.10. The second-order valence-electron chi connectivity index (χ2n) is 5.58. The first-order chi connectivity index (χ1) is 8.11. The van der Waals surface area contributed by atoms with Gasteiger partial charge >= 0.3 is 0 Å². The summed E-state index contributed by atoms with van der Waals surface area (Å²) in [4.78, 5) is 0. The smallest absolute Gasteiger partial charge is 0.212 e. The summed E-state index contributed by atoms with van der Waals surface area (Å²) < 4.78 is 26.7. The van der Waals surface area contributed by atoms with Crippen molar-refractivity contribution in [2.75, 3.05) is 12.3 Å². The summed E-state index contributed by atoms with van der Waals surface area (Å²) in [7, 11) is -3.11. The van der Waals surface area contributed by atoms with Gasteiger partial charge in [-0.15, -0.1) is 0 Å². The van der Waals surface area contributed by atoms with Crippen LogP contribution in [-0.2, 0) is 10.0 Å². The zero-order valence-electron chi connectivity index (χ0n) is 10.4. The van der Waals surface area contributed by atoms with E-state index in [0.29, 0.717) is 24.1 Å². The topological polar surface area (TPSA) is 72.2 Å². The van der Waals surface area contributed by atoms with E-state index in [-0.39, 0.29) is 6.04 Å². The zero-order chi connectivity index (χ0) is 12.3. The molecule has 0 spiro atoms. The quantitative estimate of drug-likeness (QED) is 0.754. The molecule has 2 aliphatic rings. The van der Waals surface area contributed by atoms with Gasteiger partial charge in [-0.05, 0) is 37.5 Å². The summed E-state index contributed by atoms with van der Waals surface area (Å²) in [5.41, 5.74) is 5.73. The van der Waals surface area contributed by atoms with E-state index in [0.717, 1.165) is 25.7 Å². The maximum Gasteiger partial charge on any atom is 0.212 e. The normalized spacial score (nSPS) is 24.8. The third-order valence-corrected chi connectivity index (χ3v) is 5.53. The Labute approximate surface area is 104 Å². The number of rotatable bonds is 6. The zero-order valence-corrected chi connectivity index (χ0v) is 11.2. The SMILES string of the molecule is NCC(NS(=O)(=O)CC1CC1)C1CCCCC1. The lowest BCUT2D eigenvalue weighted by Gasteiger charge is -2.29. The largest absolute Gasteiger partial charge is 0.329 e. The van der Waals surface area contributed by atoms with Gasteiger partial charge in [0.15, 0.2) is 0 Å². The molecule has 0 amide bonds. The molecule has 2 rings (SSSR count). The Hall–Kier alpha value is -0.130. The fraction of sp³-hybridized carbons (Fsp3) is 1.00. The van der Waals surface area contributed by atoms with Crippen LogP contribution < -0.4 is 10.5 Å². The first-order valence-electron chi connectivity index (χ1n) is 6.81. The van der Waals surface area contributed by atoms with Crippen LogP contribution in [0.25, 0.3) is 0 Å². The van der Waals surface area contributed by atoms with Gasteiger partial charge in [0.25, 0.3) is 0 Å². The van der Waals surface area contributed by atoms with Crippen molar-refractivity contribution in [2.24, 2.45) is 17.6 Å². The van der Waals surface area contributed by atoms with Crippen molar-refractivity contribution in [2.45, 2.75) is 51.0 Å². The predicted octanol–water partition coefficient (Wildman–Crippen LogP) is 1.22. The molecule has 1 atom stereocenters. The Balaban J connectivity index is 1.88. The molecule has 3 N–H and O–H groups in total. The van der Waals surface area contributed by atoms with E-state index in [9.17, 15) is 8.42 Å². The molecule has 2 saturated carbocycles. The maximum atomic E-state index is 11.9. The lowest BCUT2D eigenvalue weighted by molar-refractivity contribution is 0.294. The van der Waals surface area contributed by atoms with Crippen LogP contribution in [0.15, 0.2) is 0 Å². The number of sulfonamides is 1. The molecule has 1 unspecified atom stereocenters. The Morgan fingerprint density at radius 1 is 1.12 bits per heavy atom. The lowest BCUT2D eigenvalue weighted by atomic mass is 9.84. The summed E-state index contributed by atoms with van der Waals surface area (Å²) in [6.45, 7) is 0.425. The molecule has 0 aromatic carbocycles. The minimum atomic E-state index is -3.11. The van der Waals surface area contributed by atoms with Gasteiger partial charge in [0.1, 0.15) is 0 Å². The van der Waals surface area contributed by atoms with E-state index in [2.05, 4.69) is 4.72 Å². The molecule has 2 fully saturated rings. The Morgan fingerprint density at radius 2 is 1.76 bits per heavy atom. The summed E-state index contributed by atoms with van der Waals surface area (Å²) in [6.07, 6.45) is 8.08. The van der Waals surface area contributed by atoms with Crippen molar-refractivity contribution < 1.29 is 8.42 Å². The first-order valence-corrected chi connectivity index (χ1v) is 8.46. The van der Waals surface area contributed by atoms with E-state index in [1.165, 1.54) is 19.3 Å². The molecule has 5 heteroatoms. The summed E-state index contributed by atoms with van der Waals surface area (Å²) in [5.74, 6) is 1.15. The maximum absolute atomic E-state index is 11.9. The summed E-state index contributed by atoms with van der Waals surface area (Å²) in [5, 5.41) is 0. The molecule has 2 aliphatic carbocycles. The van der Waals surface area contributed by atoms with Gasteiger partial charge in [-0.1, -0.05) is 19.3 Å². The van der Waals surface area contributed by atoms with Crippen molar-refractivity contribution in [3.8, 4) is 0 Å². The van der Waals surface area contributed by atoms with Crippen molar-refractivity contribution in [1.82, 2.24) is 4.72 Å². The van der Waals surface area contributed by atoms with Crippen molar-refractivity contribution in [3.63, 3.8) is 0 Å². The Kier molecular flexibility index (Phi) is 4.44. The second kappa shape index (κ2) is 5.67. The Morgan fingerprint density at radius 3 is 2.29 bits per heavy atom. The van der Waals surface area contributed by atoms with Gasteiger partial charge in [-0.25, -0.2) is 13.1 Å². The third-order valence-electron chi connectivity index (χ3n) is 3.96. The van der Waals surface area contributed by atoms with Gasteiger partial charge in [0.2, 0.25) is 10.0 Å². The highest BCUT2D eigenvalue weighted by Gasteiger charge is 2.31. The first kappa shape index (κ1) is 13.3. The van der Waals surface area contributed by atoms with Crippen LogP contribution >= 0.6 is 0 Å². The van der Waals surface area contributed by atoms with Gasteiger partial charge < -0.3 is 5.73 Å². The molecule has 17 heavy (non-hydrogen) atoms. The second-order valence-corrected chi connectivity index (χ2v) is 7.38. The van der Waals surface area contributed by atoms with Crippen molar-refractivity contribution >= 4 is 10.0 Å². The van der Waals surface area contributed by atoms with Crippen LogP contribution in [0.1, 0.15) is 44.9 Å². The molecule has 4 nitrogen and oxygen atoms in total. The Bertz CT molecular complexity index is 332. The standard InChI is InChI=1S/C12H24N2O2S/c13-8-12(11-4-2-1-3-5-11)14-17(15,16)9-10-6-7-10/h10-12,14H,1-9,13H2. The minimum absolute atomic E-state index is 0.0425. The molecule has 100 valence electrons. The van der Waals surface area contributed by atoms with Crippen molar-refractivity contribution in [3.05, 3.63) is 0 Å². The number of hydrogen-bond acceptors (Lipinski definition) is 3. The van der Waals surface area contributed by atoms with E-state index in [4.69, 9.17) is 5.73 Å². The highest BCUT2D eigenvalue weighted by molar-refractivity contribution is 7.89. The molecular weight excluding hydrogens is 236 g/mol. The van der Waals surface area contributed by atoms with Crippen LogP contribution in [0.3, 0.4) is 0 Å². The molecule has 0 bridgehead atoms. The predicted molar refractivity (Wildman–Crippen MR) is 69.1 cm³/mol. The molecule has 0 aromatic rings. The van der Waals surface area contributed by atoms with Gasteiger partial charge in [-0.3, -0.25) is 0 Å². The van der Waals surface area contributed by atoms with Gasteiger partial charge in [-0.2, -0.15) is 0 Å². The molecule has 0 saturated heterocycles. The highest BCUT2D eigenvalue weighted by atomic mass is 32.2. The average molecular weight is 260 g/mol. The van der Waals surface area contributed by atoms with Crippen LogP contribution in [0.4, 0.5) is 0 Å². The molecule has 0 radical (unpaired) electrons. The fourth-order valence-electron chi connectivity index (χ4n) is 2.75. The fourth-order valence-corrected chi connectivity index (χ4v) is 4.55. The van der Waals surface area contributed by atoms with Crippen LogP contribution in [0, 0.1) is 11.8 Å². The molecule has 0 heterocycles. The molecule has 0 aromatic heterocycles. The third kappa shape index (κ3) is 4.23. The summed E-state index contributed by atoms with van der Waals surface area (Å²) in [6, 6.07) is -0.0425.